The first-order chi connectivity index (χ1) is 8.26. The molecule has 0 aliphatic heterocycles. The maximum absolute atomic E-state index is 11.5. The van der Waals surface area contributed by atoms with Gasteiger partial charge in [0.1, 0.15) is 11.9 Å². The van der Waals surface area contributed by atoms with Crippen LogP contribution in [0.4, 0.5) is 0 Å². The van der Waals surface area contributed by atoms with Gasteiger partial charge in [-0.05, 0) is 31.1 Å². The Hall–Kier alpha value is -1.95. The predicted octanol–water partition coefficient (Wildman–Crippen LogP) is 3.03. The number of rotatable bonds is 6. The second-order valence-corrected chi connectivity index (χ2v) is 3.56. The first-order valence-electron chi connectivity index (χ1n) is 5.62. The van der Waals surface area contributed by atoms with Crippen molar-refractivity contribution in [1.82, 2.24) is 0 Å². The highest BCUT2D eigenvalue weighted by Crippen LogP contribution is 2.08. The van der Waals surface area contributed by atoms with Gasteiger partial charge in [0.15, 0.2) is 0 Å². The molecule has 0 aromatic carbocycles. The summed E-state index contributed by atoms with van der Waals surface area (Å²) >= 11 is 0. The number of ether oxygens (including phenoxy) is 1. The second kappa shape index (κ2) is 7.34. The normalized spacial score (nSPS) is 12.2. The van der Waals surface area contributed by atoms with Gasteiger partial charge in [0.2, 0.25) is 0 Å². The lowest BCUT2D eigenvalue weighted by atomic mass is 10.1. The average Bonchev–Trinajstić information content (AvgIpc) is 2.85. The fourth-order valence-electron chi connectivity index (χ4n) is 1.33. The molecule has 1 aromatic rings. The van der Waals surface area contributed by atoms with Crippen molar-refractivity contribution in [3.05, 3.63) is 30.2 Å². The molecule has 0 aliphatic carbocycles. The molecule has 90 valence electrons. The SMILES string of the molecule is C#CCCC(CC)OC(=O)C=Cc1ccco1. The maximum atomic E-state index is 11.5. The van der Waals surface area contributed by atoms with E-state index in [-0.39, 0.29) is 12.1 Å². The van der Waals surface area contributed by atoms with Crippen molar-refractivity contribution >= 4 is 12.0 Å². The second-order valence-electron chi connectivity index (χ2n) is 3.56. The van der Waals surface area contributed by atoms with Gasteiger partial charge in [-0.15, -0.1) is 12.3 Å². The van der Waals surface area contributed by atoms with Crippen LogP contribution in [0.3, 0.4) is 0 Å². The molecule has 1 rings (SSSR count). The lowest BCUT2D eigenvalue weighted by Crippen LogP contribution is -2.15. The molecule has 0 fully saturated rings. The zero-order valence-electron chi connectivity index (χ0n) is 9.89. The molecular formula is C14H16O3. The Kier molecular flexibility index (Phi) is 5.67. The van der Waals surface area contributed by atoms with Crippen molar-refractivity contribution in [1.29, 1.82) is 0 Å². The van der Waals surface area contributed by atoms with Crippen LogP contribution in [0.2, 0.25) is 0 Å². The number of hydrogen-bond donors (Lipinski definition) is 0. The van der Waals surface area contributed by atoms with Gasteiger partial charge in [-0.25, -0.2) is 4.79 Å². The summed E-state index contributed by atoms with van der Waals surface area (Å²) in [5.41, 5.74) is 0. The molecule has 17 heavy (non-hydrogen) atoms. The molecule has 1 unspecified atom stereocenters. The Morgan fingerprint density at radius 3 is 3.12 bits per heavy atom. The molecule has 0 saturated carbocycles. The van der Waals surface area contributed by atoms with Crippen LogP contribution in [0, 0.1) is 12.3 Å². The first-order valence-corrected chi connectivity index (χ1v) is 5.62. The molecule has 1 aromatic heterocycles. The number of furan rings is 1. The Bertz CT molecular complexity index is 396. The zero-order valence-corrected chi connectivity index (χ0v) is 9.89. The standard InChI is InChI=1S/C14H16O3/c1-3-5-7-12(4-2)17-14(15)10-9-13-8-6-11-16-13/h1,6,8-12H,4-5,7H2,2H3. The number of hydrogen-bond acceptors (Lipinski definition) is 3. The van der Waals surface area contributed by atoms with Gasteiger partial charge >= 0.3 is 5.97 Å². The smallest absolute Gasteiger partial charge is 0.331 e. The number of terminal acetylenes is 1. The van der Waals surface area contributed by atoms with Gasteiger partial charge < -0.3 is 9.15 Å². The van der Waals surface area contributed by atoms with E-state index in [0.29, 0.717) is 18.6 Å². The first kappa shape index (κ1) is 13.1. The summed E-state index contributed by atoms with van der Waals surface area (Å²) in [5, 5.41) is 0. The summed E-state index contributed by atoms with van der Waals surface area (Å²) in [6.45, 7) is 1.96. The topological polar surface area (TPSA) is 39.4 Å². The largest absolute Gasteiger partial charge is 0.465 e. The van der Waals surface area contributed by atoms with Crippen LogP contribution in [0.15, 0.2) is 28.9 Å². The summed E-state index contributed by atoms with van der Waals surface area (Å²) in [6.07, 6.45) is 11.6. The molecule has 0 spiro atoms. The van der Waals surface area contributed by atoms with Crippen LogP contribution < -0.4 is 0 Å². The van der Waals surface area contributed by atoms with Gasteiger partial charge in [-0.2, -0.15) is 0 Å². The van der Waals surface area contributed by atoms with E-state index < -0.39 is 0 Å². The summed E-state index contributed by atoms with van der Waals surface area (Å²) < 4.78 is 10.3. The van der Waals surface area contributed by atoms with E-state index >= 15 is 0 Å². The molecule has 1 atom stereocenters. The van der Waals surface area contributed by atoms with Gasteiger partial charge in [0, 0.05) is 12.5 Å². The van der Waals surface area contributed by atoms with Crippen molar-refractivity contribution in [2.45, 2.75) is 32.3 Å². The Morgan fingerprint density at radius 1 is 1.71 bits per heavy atom. The monoisotopic (exact) mass is 232 g/mol. The summed E-state index contributed by atoms with van der Waals surface area (Å²) in [7, 11) is 0. The molecule has 3 nitrogen and oxygen atoms in total. The van der Waals surface area contributed by atoms with E-state index in [2.05, 4.69) is 5.92 Å². The minimum absolute atomic E-state index is 0.111. The Morgan fingerprint density at radius 2 is 2.53 bits per heavy atom. The lowest BCUT2D eigenvalue weighted by Gasteiger charge is -2.13. The highest BCUT2D eigenvalue weighted by Gasteiger charge is 2.09. The van der Waals surface area contributed by atoms with Crippen LogP contribution in [-0.4, -0.2) is 12.1 Å². The summed E-state index contributed by atoms with van der Waals surface area (Å²) in [6, 6.07) is 3.52. The maximum Gasteiger partial charge on any atom is 0.331 e. The minimum atomic E-state index is -0.370. The Balaban J connectivity index is 2.40. The molecule has 3 heteroatoms. The predicted molar refractivity (Wildman–Crippen MR) is 66.0 cm³/mol. The van der Waals surface area contributed by atoms with Crippen molar-refractivity contribution < 1.29 is 13.9 Å². The van der Waals surface area contributed by atoms with Crippen LogP contribution in [0.25, 0.3) is 6.08 Å². The summed E-state index contributed by atoms with van der Waals surface area (Å²) in [5.74, 6) is 2.79. The highest BCUT2D eigenvalue weighted by molar-refractivity contribution is 5.86. The average molecular weight is 232 g/mol. The molecule has 0 amide bonds. The number of esters is 1. The molecule has 0 saturated heterocycles. The van der Waals surface area contributed by atoms with E-state index in [1.807, 2.05) is 6.92 Å². The van der Waals surface area contributed by atoms with Crippen LogP contribution >= 0.6 is 0 Å². The molecule has 0 bridgehead atoms. The minimum Gasteiger partial charge on any atom is -0.465 e. The summed E-state index contributed by atoms with van der Waals surface area (Å²) in [4.78, 5) is 11.5. The van der Waals surface area contributed by atoms with E-state index in [4.69, 9.17) is 15.6 Å². The molecule has 1 heterocycles. The van der Waals surface area contributed by atoms with Gasteiger partial charge in [-0.3, -0.25) is 0 Å². The van der Waals surface area contributed by atoms with Gasteiger partial charge in [0.25, 0.3) is 0 Å². The van der Waals surface area contributed by atoms with Crippen LogP contribution in [-0.2, 0) is 9.53 Å². The number of carbonyl (C=O) groups excluding carboxylic acids is 1. The lowest BCUT2D eigenvalue weighted by molar-refractivity contribution is -0.143. The molecule has 0 radical (unpaired) electrons. The Labute approximate surface area is 101 Å². The highest BCUT2D eigenvalue weighted by atomic mass is 16.5. The van der Waals surface area contributed by atoms with Crippen molar-refractivity contribution in [3.8, 4) is 12.3 Å². The molecular weight excluding hydrogens is 216 g/mol. The third-order valence-corrected chi connectivity index (χ3v) is 2.28. The van der Waals surface area contributed by atoms with Crippen LogP contribution in [0.1, 0.15) is 31.9 Å². The third-order valence-electron chi connectivity index (χ3n) is 2.28. The van der Waals surface area contributed by atoms with Crippen molar-refractivity contribution in [2.24, 2.45) is 0 Å². The number of carbonyl (C=O) groups is 1. The van der Waals surface area contributed by atoms with Crippen molar-refractivity contribution in [2.75, 3.05) is 0 Å². The molecule has 0 N–H and O–H groups in total. The van der Waals surface area contributed by atoms with E-state index in [1.54, 1.807) is 24.5 Å². The van der Waals surface area contributed by atoms with Crippen LogP contribution in [0.5, 0.6) is 0 Å². The fourth-order valence-corrected chi connectivity index (χ4v) is 1.33. The fraction of sp³-hybridized carbons (Fsp3) is 0.357. The van der Waals surface area contributed by atoms with E-state index in [0.717, 1.165) is 6.42 Å². The van der Waals surface area contributed by atoms with E-state index in [9.17, 15) is 4.79 Å². The van der Waals surface area contributed by atoms with Crippen molar-refractivity contribution in [3.63, 3.8) is 0 Å². The van der Waals surface area contributed by atoms with E-state index in [1.165, 1.54) is 6.08 Å². The quantitative estimate of drug-likeness (QED) is 0.430. The van der Waals surface area contributed by atoms with Gasteiger partial charge in [-0.1, -0.05) is 6.92 Å². The third kappa shape index (κ3) is 5.07. The zero-order chi connectivity index (χ0) is 12.5. The molecule has 0 aliphatic rings. The van der Waals surface area contributed by atoms with Gasteiger partial charge in [0.05, 0.1) is 6.26 Å².